The predicted octanol–water partition coefficient (Wildman–Crippen LogP) is 4.38. The zero-order valence-corrected chi connectivity index (χ0v) is 11.3. The summed E-state index contributed by atoms with van der Waals surface area (Å²) in [7, 11) is 0. The summed E-state index contributed by atoms with van der Waals surface area (Å²) in [6, 6.07) is 13.4. The molecule has 0 bridgehead atoms. The minimum Gasteiger partial charge on any atom is -0.294 e. The van der Waals surface area contributed by atoms with E-state index in [2.05, 4.69) is 0 Å². The van der Waals surface area contributed by atoms with Gasteiger partial charge in [0.2, 0.25) is 0 Å². The van der Waals surface area contributed by atoms with E-state index in [0.717, 1.165) is 22.3 Å². The maximum absolute atomic E-state index is 12.1. The maximum atomic E-state index is 12.1. The highest BCUT2D eigenvalue weighted by Crippen LogP contribution is 2.19. The third-order valence-electron chi connectivity index (χ3n) is 2.93. The Bertz CT molecular complexity index is 570. The molecule has 0 saturated carbocycles. The number of carbonyl (C=O) groups is 1. The number of halogens is 1. The number of hydrogen-bond donors (Lipinski definition) is 0. The molecule has 18 heavy (non-hydrogen) atoms. The molecule has 1 nitrogen and oxygen atoms in total. The second-order valence-electron chi connectivity index (χ2n) is 4.56. The number of benzene rings is 2. The Labute approximate surface area is 112 Å². The van der Waals surface area contributed by atoms with Crippen LogP contribution in [0.4, 0.5) is 0 Å². The van der Waals surface area contributed by atoms with Crippen LogP contribution in [0.25, 0.3) is 0 Å². The summed E-state index contributed by atoms with van der Waals surface area (Å²) < 4.78 is 0. The predicted molar refractivity (Wildman–Crippen MR) is 75.4 cm³/mol. The van der Waals surface area contributed by atoms with E-state index in [4.69, 9.17) is 11.6 Å². The minimum absolute atomic E-state index is 0.0979. The third kappa shape index (κ3) is 2.99. The normalized spacial score (nSPS) is 10.4. The number of aryl methyl sites for hydroxylation is 2. The Hall–Kier alpha value is -1.60. The molecule has 0 fully saturated rings. The summed E-state index contributed by atoms with van der Waals surface area (Å²) in [4.78, 5) is 12.1. The standard InChI is InChI=1S/C16H15ClO/c1-11-3-6-13(7-4-11)16(18)10-14-8-5-12(2)9-15(14)17/h3-9H,10H2,1-2H3. The van der Waals surface area contributed by atoms with Crippen molar-refractivity contribution >= 4 is 17.4 Å². The zero-order valence-electron chi connectivity index (χ0n) is 10.5. The van der Waals surface area contributed by atoms with Gasteiger partial charge in [-0.3, -0.25) is 4.79 Å². The first-order valence-corrected chi connectivity index (χ1v) is 6.29. The van der Waals surface area contributed by atoms with Crippen molar-refractivity contribution in [1.29, 1.82) is 0 Å². The number of Topliss-reactive ketones (excluding diaryl/α,β-unsaturated/α-hetero) is 1. The fourth-order valence-corrected chi connectivity index (χ4v) is 2.11. The van der Waals surface area contributed by atoms with Gasteiger partial charge >= 0.3 is 0 Å². The van der Waals surface area contributed by atoms with Gasteiger partial charge < -0.3 is 0 Å². The number of carbonyl (C=O) groups excluding carboxylic acids is 1. The second kappa shape index (κ2) is 5.36. The molecule has 0 amide bonds. The van der Waals surface area contributed by atoms with Crippen molar-refractivity contribution in [3.63, 3.8) is 0 Å². The molecule has 0 saturated heterocycles. The smallest absolute Gasteiger partial charge is 0.167 e. The van der Waals surface area contributed by atoms with Gasteiger partial charge in [0, 0.05) is 17.0 Å². The lowest BCUT2D eigenvalue weighted by atomic mass is 10.0. The van der Waals surface area contributed by atoms with Crippen LogP contribution in [0.5, 0.6) is 0 Å². The van der Waals surface area contributed by atoms with Crippen LogP contribution >= 0.6 is 11.6 Å². The molecule has 0 spiro atoms. The van der Waals surface area contributed by atoms with Gasteiger partial charge in [0.25, 0.3) is 0 Å². The monoisotopic (exact) mass is 258 g/mol. The van der Waals surface area contributed by atoms with Gasteiger partial charge in [-0.2, -0.15) is 0 Å². The summed E-state index contributed by atoms with van der Waals surface area (Å²) in [5, 5.41) is 0.662. The van der Waals surface area contributed by atoms with Crippen LogP contribution < -0.4 is 0 Å². The van der Waals surface area contributed by atoms with Gasteiger partial charge in [-0.25, -0.2) is 0 Å². The fourth-order valence-electron chi connectivity index (χ4n) is 1.81. The average Bonchev–Trinajstić information content (AvgIpc) is 2.33. The summed E-state index contributed by atoms with van der Waals surface area (Å²) in [6.07, 6.45) is 0.349. The van der Waals surface area contributed by atoms with E-state index in [0.29, 0.717) is 11.4 Å². The van der Waals surface area contributed by atoms with E-state index >= 15 is 0 Å². The van der Waals surface area contributed by atoms with Crippen molar-refractivity contribution < 1.29 is 4.79 Å². The van der Waals surface area contributed by atoms with Crippen LogP contribution in [0, 0.1) is 13.8 Å². The molecule has 0 atom stereocenters. The topological polar surface area (TPSA) is 17.1 Å². The molecule has 2 aromatic carbocycles. The summed E-state index contributed by atoms with van der Waals surface area (Å²) in [6.45, 7) is 3.99. The highest BCUT2D eigenvalue weighted by Gasteiger charge is 2.09. The van der Waals surface area contributed by atoms with Gasteiger partial charge in [-0.1, -0.05) is 53.6 Å². The Morgan fingerprint density at radius 2 is 1.61 bits per heavy atom. The van der Waals surface area contributed by atoms with Gasteiger partial charge in [0.15, 0.2) is 5.78 Å². The lowest BCUT2D eigenvalue weighted by Gasteiger charge is -2.05. The molecule has 2 heteroatoms. The van der Waals surface area contributed by atoms with Gasteiger partial charge in [-0.15, -0.1) is 0 Å². The van der Waals surface area contributed by atoms with Crippen LogP contribution in [0.2, 0.25) is 5.02 Å². The van der Waals surface area contributed by atoms with Crippen molar-refractivity contribution in [3.05, 3.63) is 69.7 Å². The van der Waals surface area contributed by atoms with Crippen molar-refractivity contribution in [2.45, 2.75) is 20.3 Å². The highest BCUT2D eigenvalue weighted by molar-refractivity contribution is 6.31. The van der Waals surface area contributed by atoms with Crippen molar-refractivity contribution in [1.82, 2.24) is 0 Å². The first-order chi connectivity index (χ1) is 8.56. The molecule has 92 valence electrons. The lowest BCUT2D eigenvalue weighted by Crippen LogP contribution is -2.04. The molecular formula is C16H15ClO. The quantitative estimate of drug-likeness (QED) is 0.747. The second-order valence-corrected chi connectivity index (χ2v) is 4.97. The third-order valence-corrected chi connectivity index (χ3v) is 3.28. The SMILES string of the molecule is Cc1ccc(C(=O)Cc2ccc(C)cc2Cl)cc1. The minimum atomic E-state index is 0.0979. The average molecular weight is 259 g/mol. The van der Waals surface area contributed by atoms with E-state index in [1.807, 2.05) is 56.3 Å². The number of ketones is 1. The molecule has 0 heterocycles. The Morgan fingerprint density at radius 1 is 1.00 bits per heavy atom. The van der Waals surface area contributed by atoms with Crippen molar-refractivity contribution in [2.24, 2.45) is 0 Å². The van der Waals surface area contributed by atoms with E-state index in [1.165, 1.54) is 0 Å². The van der Waals surface area contributed by atoms with E-state index < -0.39 is 0 Å². The largest absolute Gasteiger partial charge is 0.294 e. The molecule has 0 radical (unpaired) electrons. The Balaban J connectivity index is 2.18. The molecular weight excluding hydrogens is 244 g/mol. The van der Waals surface area contributed by atoms with Crippen LogP contribution in [0.1, 0.15) is 27.0 Å². The van der Waals surface area contributed by atoms with E-state index in [9.17, 15) is 4.79 Å². The molecule has 2 rings (SSSR count). The zero-order chi connectivity index (χ0) is 13.1. The summed E-state index contributed by atoms with van der Waals surface area (Å²) in [5.74, 6) is 0.0979. The molecule has 0 N–H and O–H groups in total. The first kappa shape index (κ1) is 12.8. The Kier molecular flexibility index (Phi) is 3.83. The van der Waals surface area contributed by atoms with E-state index in [1.54, 1.807) is 0 Å². The maximum Gasteiger partial charge on any atom is 0.167 e. The van der Waals surface area contributed by atoms with Crippen molar-refractivity contribution in [3.8, 4) is 0 Å². The van der Waals surface area contributed by atoms with Gasteiger partial charge in [0.05, 0.1) is 0 Å². The van der Waals surface area contributed by atoms with Crippen molar-refractivity contribution in [2.75, 3.05) is 0 Å². The Morgan fingerprint density at radius 3 is 2.22 bits per heavy atom. The lowest BCUT2D eigenvalue weighted by molar-refractivity contribution is 0.0993. The van der Waals surface area contributed by atoms with Crippen LogP contribution in [-0.4, -0.2) is 5.78 Å². The molecule has 0 unspecified atom stereocenters. The number of hydrogen-bond acceptors (Lipinski definition) is 1. The van der Waals surface area contributed by atoms with Gasteiger partial charge in [0.1, 0.15) is 0 Å². The van der Waals surface area contributed by atoms with Crippen LogP contribution in [-0.2, 0) is 6.42 Å². The molecule has 0 aromatic heterocycles. The van der Waals surface area contributed by atoms with E-state index in [-0.39, 0.29) is 5.78 Å². The fraction of sp³-hybridized carbons (Fsp3) is 0.188. The van der Waals surface area contributed by atoms with Crippen LogP contribution in [0.15, 0.2) is 42.5 Å². The molecule has 0 aliphatic carbocycles. The molecule has 2 aromatic rings. The highest BCUT2D eigenvalue weighted by atomic mass is 35.5. The molecule has 0 aliphatic heterocycles. The van der Waals surface area contributed by atoms with Gasteiger partial charge in [-0.05, 0) is 31.0 Å². The molecule has 0 aliphatic rings. The van der Waals surface area contributed by atoms with Crippen LogP contribution in [0.3, 0.4) is 0 Å². The summed E-state index contributed by atoms with van der Waals surface area (Å²) in [5.41, 5.74) is 3.87. The summed E-state index contributed by atoms with van der Waals surface area (Å²) >= 11 is 6.13. The number of rotatable bonds is 3. The first-order valence-electron chi connectivity index (χ1n) is 5.91.